The molecular weight excluding hydrogens is 348 g/mol. The lowest BCUT2D eigenvalue weighted by molar-refractivity contribution is -0.116. The molecule has 2 amide bonds. The zero-order chi connectivity index (χ0) is 18.5. The molecule has 2 N–H and O–H groups in total. The average molecular weight is 372 g/mol. The van der Waals surface area contributed by atoms with Crippen molar-refractivity contribution >= 4 is 28.2 Å². The van der Waals surface area contributed by atoms with Crippen molar-refractivity contribution in [2.45, 2.75) is 32.6 Å². The number of nitrogens with one attached hydrogen (secondary N) is 2. The molecule has 3 rings (SSSR count). The molecule has 1 heterocycles. The molecule has 5 nitrogen and oxygen atoms in total. The van der Waals surface area contributed by atoms with E-state index >= 15 is 0 Å². The highest BCUT2D eigenvalue weighted by Crippen LogP contribution is 2.39. The molecule has 1 aliphatic rings. The number of ether oxygens (including phenoxy) is 1. The first-order valence-corrected chi connectivity index (χ1v) is 9.74. The molecule has 0 saturated carbocycles. The predicted octanol–water partition coefficient (Wildman–Crippen LogP) is 3.64. The molecule has 0 spiro atoms. The van der Waals surface area contributed by atoms with Gasteiger partial charge in [0, 0.05) is 11.9 Å². The van der Waals surface area contributed by atoms with Crippen molar-refractivity contribution in [3.05, 3.63) is 46.3 Å². The van der Waals surface area contributed by atoms with Gasteiger partial charge in [-0.3, -0.25) is 9.59 Å². The lowest BCUT2D eigenvalue weighted by Gasteiger charge is -2.18. The first-order valence-electron chi connectivity index (χ1n) is 8.92. The maximum atomic E-state index is 12.3. The highest BCUT2D eigenvalue weighted by atomic mass is 32.1. The highest BCUT2D eigenvalue weighted by Gasteiger charge is 2.27. The molecule has 1 atom stereocenters. The fraction of sp³-hybridized carbons (Fsp3) is 0.400. The Balaban J connectivity index is 1.66. The second kappa shape index (κ2) is 8.36. The minimum Gasteiger partial charge on any atom is -0.493 e. The van der Waals surface area contributed by atoms with Crippen molar-refractivity contribution < 1.29 is 14.3 Å². The van der Waals surface area contributed by atoms with Gasteiger partial charge in [0.25, 0.3) is 5.91 Å². The molecule has 6 heteroatoms. The van der Waals surface area contributed by atoms with Crippen molar-refractivity contribution in [2.24, 2.45) is 5.92 Å². The van der Waals surface area contributed by atoms with Crippen LogP contribution < -0.4 is 15.4 Å². The Labute approximate surface area is 157 Å². The first kappa shape index (κ1) is 18.5. The summed E-state index contributed by atoms with van der Waals surface area (Å²) in [6.45, 7) is 2.52. The maximum Gasteiger partial charge on any atom is 0.254 e. The van der Waals surface area contributed by atoms with Crippen LogP contribution >= 0.6 is 11.3 Å². The van der Waals surface area contributed by atoms with Crippen LogP contribution in [0.15, 0.2) is 30.3 Å². The van der Waals surface area contributed by atoms with E-state index in [9.17, 15) is 9.59 Å². The third-order valence-corrected chi connectivity index (χ3v) is 5.73. The summed E-state index contributed by atoms with van der Waals surface area (Å²) in [6.07, 6.45) is 3.17. The van der Waals surface area contributed by atoms with Gasteiger partial charge in [-0.1, -0.05) is 25.1 Å². The lowest BCUT2D eigenvalue weighted by atomic mass is 9.88. The summed E-state index contributed by atoms with van der Waals surface area (Å²) in [5, 5.41) is 6.28. The fourth-order valence-electron chi connectivity index (χ4n) is 3.17. The molecule has 0 bridgehead atoms. The third kappa shape index (κ3) is 4.25. The lowest BCUT2D eigenvalue weighted by Crippen LogP contribution is -2.23. The highest BCUT2D eigenvalue weighted by molar-refractivity contribution is 7.17. The molecule has 1 aliphatic carbocycles. The number of anilines is 1. The van der Waals surface area contributed by atoms with E-state index in [0.717, 1.165) is 30.6 Å². The molecule has 138 valence electrons. The predicted molar refractivity (Wildman–Crippen MR) is 104 cm³/mol. The molecule has 2 aromatic rings. The van der Waals surface area contributed by atoms with Gasteiger partial charge < -0.3 is 15.4 Å². The molecule has 26 heavy (non-hydrogen) atoms. The Kier molecular flexibility index (Phi) is 5.93. The van der Waals surface area contributed by atoms with Crippen molar-refractivity contribution in [2.75, 3.05) is 19.0 Å². The van der Waals surface area contributed by atoms with Crippen molar-refractivity contribution in [1.82, 2.24) is 5.32 Å². The van der Waals surface area contributed by atoms with Crippen molar-refractivity contribution in [3.63, 3.8) is 0 Å². The first-order chi connectivity index (χ1) is 12.6. The third-order valence-electron chi connectivity index (χ3n) is 4.56. The van der Waals surface area contributed by atoms with Gasteiger partial charge in [0.1, 0.15) is 10.8 Å². The van der Waals surface area contributed by atoms with Crippen LogP contribution in [0.4, 0.5) is 5.00 Å². The maximum absolute atomic E-state index is 12.3. The Morgan fingerprint density at radius 3 is 2.77 bits per heavy atom. The molecule has 0 unspecified atom stereocenters. The standard InChI is InChI=1S/C20H24N2O3S/c1-13-8-9-15-16(12-13)26-20(18(15)19(24)21-2)22-17(23)10-11-25-14-6-4-3-5-7-14/h3-7,13H,8-12H2,1-2H3,(H,21,24)(H,22,23)/t13-/m0/s1. The van der Waals surface area contributed by atoms with Crippen molar-refractivity contribution in [1.29, 1.82) is 0 Å². The number of carbonyl (C=O) groups is 2. The monoisotopic (exact) mass is 372 g/mol. The summed E-state index contributed by atoms with van der Waals surface area (Å²) in [4.78, 5) is 25.9. The van der Waals surface area contributed by atoms with Gasteiger partial charge in [0.15, 0.2) is 0 Å². The Hall–Kier alpha value is -2.34. The topological polar surface area (TPSA) is 67.4 Å². The minimum atomic E-state index is -0.141. The van der Waals surface area contributed by atoms with Gasteiger partial charge in [-0.25, -0.2) is 0 Å². The molecular formula is C20H24N2O3S. The van der Waals surface area contributed by atoms with Crippen LogP contribution in [0.5, 0.6) is 5.75 Å². The number of para-hydroxylation sites is 1. The Morgan fingerprint density at radius 1 is 1.27 bits per heavy atom. The van der Waals surface area contributed by atoms with Crippen molar-refractivity contribution in [3.8, 4) is 5.75 Å². The van der Waals surface area contributed by atoms with Gasteiger partial charge in [-0.2, -0.15) is 0 Å². The van der Waals surface area contributed by atoms with Crippen LogP contribution in [0, 0.1) is 5.92 Å². The molecule has 1 aromatic carbocycles. The largest absolute Gasteiger partial charge is 0.493 e. The SMILES string of the molecule is CNC(=O)c1c(NC(=O)CCOc2ccccc2)sc2c1CC[C@H](C)C2. The number of hydrogen-bond donors (Lipinski definition) is 2. The second-order valence-electron chi connectivity index (χ2n) is 6.59. The molecule has 0 radical (unpaired) electrons. The minimum absolute atomic E-state index is 0.132. The number of carbonyl (C=O) groups excluding carboxylic acids is 2. The van der Waals surface area contributed by atoms with Gasteiger partial charge in [0.05, 0.1) is 18.6 Å². The van der Waals surface area contributed by atoms with Gasteiger partial charge >= 0.3 is 0 Å². The number of hydrogen-bond acceptors (Lipinski definition) is 4. The van der Waals surface area contributed by atoms with Crippen LogP contribution in [0.25, 0.3) is 0 Å². The normalized spacial score (nSPS) is 15.8. The summed E-state index contributed by atoms with van der Waals surface area (Å²) >= 11 is 1.53. The van der Waals surface area contributed by atoms with E-state index in [-0.39, 0.29) is 18.2 Å². The number of fused-ring (bicyclic) bond motifs is 1. The molecule has 0 fully saturated rings. The Bertz CT molecular complexity index is 786. The van der Waals surface area contributed by atoms with Gasteiger partial charge in [-0.15, -0.1) is 11.3 Å². The zero-order valence-corrected chi connectivity index (χ0v) is 15.9. The van der Waals surface area contributed by atoms with Crippen LogP contribution in [-0.2, 0) is 17.6 Å². The summed E-state index contributed by atoms with van der Waals surface area (Å²) in [6, 6.07) is 9.41. The number of benzene rings is 1. The fourth-order valence-corrected chi connectivity index (χ4v) is 4.60. The van der Waals surface area contributed by atoms with Gasteiger partial charge in [0.2, 0.25) is 5.91 Å². The van der Waals surface area contributed by atoms with E-state index in [1.807, 2.05) is 30.3 Å². The van der Waals surface area contributed by atoms with E-state index in [1.165, 1.54) is 16.2 Å². The summed E-state index contributed by atoms with van der Waals surface area (Å²) < 4.78 is 5.57. The number of thiophene rings is 1. The van der Waals surface area contributed by atoms with E-state index in [0.29, 0.717) is 23.1 Å². The summed E-state index contributed by atoms with van der Waals surface area (Å²) in [7, 11) is 1.62. The quantitative estimate of drug-likeness (QED) is 0.813. The number of amides is 2. The zero-order valence-electron chi connectivity index (χ0n) is 15.1. The molecule has 0 saturated heterocycles. The van der Waals surface area contributed by atoms with Crippen LogP contribution in [0.3, 0.4) is 0 Å². The van der Waals surface area contributed by atoms with E-state index in [4.69, 9.17) is 4.74 Å². The van der Waals surface area contributed by atoms with E-state index < -0.39 is 0 Å². The number of rotatable bonds is 6. The molecule has 0 aliphatic heterocycles. The molecule has 1 aromatic heterocycles. The summed E-state index contributed by atoms with van der Waals surface area (Å²) in [5.74, 6) is 1.08. The Morgan fingerprint density at radius 2 is 2.04 bits per heavy atom. The van der Waals surface area contributed by atoms with Crippen LogP contribution in [-0.4, -0.2) is 25.5 Å². The smallest absolute Gasteiger partial charge is 0.254 e. The van der Waals surface area contributed by atoms with Crippen LogP contribution in [0.1, 0.15) is 40.6 Å². The average Bonchev–Trinajstić information content (AvgIpc) is 2.98. The summed E-state index contributed by atoms with van der Waals surface area (Å²) in [5.41, 5.74) is 1.74. The van der Waals surface area contributed by atoms with E-state index in [1.54, 1.807) is 7.05 Å². The van der Waals surface area contributed by atoms with E-state index in [2.05, 4.69) is 17.6 Å². The van der Waals surface area contributed by atoms with Gasteiger partial charge in [-0.05, 0) is 42.9 Å². The van der Waals surface area contributed by atoms with Crippen LogP contribution in [0.2, 0.25) is 0 Å². The second-order valence-corrected chi connectivity index (χ2v) is 7.70.